The minimum absolute atomic E-state index is 0.336. The van der Waals surface area contributed by atoms with Gasteiger partial charge in [0, 0.05) is 18.9 Å². The summed E-state index contributed by atoms with van der Waals surface area (Å²) in [6.07, 6.45) is 2.69. The van der Waals surface area contributed by atoms with Crippen LogP contribution in [0.4, 0.5) is 10.6 Å². The van der Waals surface area contributed by atoms with Crippen molar-refractivity contribution in [2.75, 3.05) is 32.0 Å². The van der Waals surface area contributed by atoms with E-state index in [4.69, 9.17) is 15.2 Å². The van der Waals surface area contributed by atoms with Gasteiger partial charge >= 0.3 is 6.09 Å². The molecule has 2 aromatic rings. The molecule has 1 aliphatic rings. The summed E-state index contributed by atoms with van der Waals surface area (Å²) >= 11 is 3.39. The van der Waals surface area contributed by atoms with Crippen LogP contribution in [0.1, 0.15) is 18.9 Å². The van der Waals surface area contributed by atoms with Crippen molar-refractivity contribution in [2.24, 2.45) is 0 Å². The largest absolute Gasteiger partial charge is 0.450 e. The Labute approximate surface area is 135 Å². The van der Waals surface area contributed by atoms with Crippen LogP contribution in [0, 0.1) is 0 Å². The summed E-state index contributed by atoms with van der Waals surface area (Å²) in [4.78, 5) is 22.0. The number of anilines is 1. The van der Waals surface area contributed by atoms with Crippen molar-refractivity contribution in [3.63, 3.8) is 0 Å². The van der Waals surface area contributed by atoms with Crippen LogP contribution in [-0.2, 0) is 9.47 Å². The van der Waals surface area contributed by atoms with Crippen molar-refractivity contribution in [3.05, 3.63) is 22.8 Å². The maximum atomic E-state index is 11.9. The van der Waals surface area contributed by atoms with E-state index in [0.29, 0.717) is 48.1 Å². The molecule has 3 heterocycles. The van der Waals surface area contributed by atoms with E-state index in [1.165, 1.54) is 0 Å². The van der Waals surface area contributed by atoms with E-state index in [0.717, 1.165) is 0 Å². The lowest BCUT2D eigenvalue weighted by atomic mass is 10.2. The number of hydrogen-bond acceptors (Lipinski definition) is 6. The molecule has 1 atom stereocenters. The van der Waals surface area contributed by atoms with Crippen LogP contribution in [0.15, 0.2) is 17.0 Å². The molecule has 8 nitrogen and oxygen atoms in total. The average Bonchev–Trinajstić information content (AvgIpc) is 2.86. The molecule has 22 heavy (non-hydrogen) atoms. The van der Waals surface area contributed by atoms with Crippen LogP contribution in [0.3, 0.4) is 0 Å². The highest BCUT2D eigenvalue weighted by atomic mass is 79.9. The van der Waals surface area contributed by atoms with Crippen molar-refractivity contribution < 1.29 is 14.3 Å². The van der Waals surface area contributed by atoms with Gasteiger partial charge in [-0.25, -0.2) is 14.8 Å². The molecule has 0 radical (unpaired) electrons. The molecule has 1 saturated heterocycles. The van der Waals surface area contributed by atoms with Gasteiger partial charge in [-0.2, -0.15) is 0 Å². The quantitative estimate of drug-likeness (QED) is 0.863. The SMILES string of the molecule is CCOC(=O)N1CCOC(c2nc(Br)c3c(N)nccn23)C1. The van der Waals surface area contributed by atoms with Crippen molar-refractivity contribution >= 4 is 33.4 Å². The van der Waals surface area contributed by atoms with Crippen molar-refractivity contribution in [2.45, 2.75) is 13.0 Å². The monoisotopic (exact) mass is 369 g/mol. The average molecular weight is 370 g/mol. The molecule has 0 bridgehead atoms. The molecule has 0 spiro atoms. The summed E-state index contributed by atoms with van der Waals surface area (Å²) < 4.78 is 13.2. The second-order valence-electron chi connectivity index (χ2n) is 4.80. The third-order valence-corrected chi connectivity index (χ3v) is 4.00. The van der Waals surface area contributed by atoms with E-state index in [2.05, 4.69) is 25.9 Å². The van der Waals surface area contributed by atoms with E-state index in [-0.39, 0.29) is 12.2 Å². The molecule has 0 saturated carbocycles. The van der Waals surface area contributed by atoms with E-state index in [9.17, 15) is 4.79 Å². The normalized spacial score (nSPS) is 18.6. The zero-order chi connectivity index (χ0) is 15.7. The van der Waals surface area contributed by atoms with Gasteiger partial charge in [0.15, 0.2) is 5.82 Å². The minimum atomic E-state index is -0.348. The number of halogens is 1. The summed E-state index contributed by atoms with van der Waals surface area (Å²) in [5.41, 5.74) is 6.58. The Morgan fingerprint density at radius 3 is 3.23 bits per heavy atom. The second kappa shape index (κ2) is 6.09. The maximum absolute atomic E-state index is 11.9. The highest BCUT2D eigenvalue weighted by Gasteiger charge is 2.30. The van der Waals surface area contributed by atoms with Crippen LogP contribution >= 0.6 is 15.9 Å². The lowest BCUT2D eigenvalue weighted by molar-refractivity contribution is -0.0321. The standard InChI is InChI=1S/C13H16BrN5O3/c1-2-21-13(20)18-5-6-22-8(7-18)12-17-10(14)9-11(15)16-3-4-19(9)12/h3-4,8H,2,5-7H2,1H3,(H2,15,16). The van der Waals surface area contributed by atoms with Gasteiger partial charge in [-0.05, 0) is 22.9 Å². The zero-order valence-corrected chi connectivity index (χ0v) is 13.6. The Morgan fingerprint density at radius 2 is 2.45 bits per heavy atom. The van der Waals surface area contributed by atoms with E-state index >= 15 is 0 Å². The Morgan fingerprint density at radius 1 is 1.64 bits per heavy atom. The number of rotatable bonds is 2. The molecule has 1 aliphatic heterocycles. The van der Waals surface area contributed by atoms with Gasteiger partial charge in [0.2, 0.25) is 0 Å². The van der Waals surface area contributed by atoms with E-state index in [1.807, 2.05) is 4.40 Å². The molecular formula is C13H16BrN5O3. The Kier molecular flexibility index (Phi) is 4.16. The summed E-state index contributed by atoms with van der Waals surface area (Å²) in [5, 5.41) is 0. The van der Waals surface area contributed by atoms with Gasteiger partial charge in [0.25, 0.3) is 0 Å². The number of aromatic nitrogens is 3. The first-order valence-electron chi connectivity index (χ1n) is 6.93. The fraction of sp³-hybridized carbons (Fsp3) is 0.462. The van der Waals surface area contributed by atoms with Crippen LogP contribution < -0.4 is 5.73 Å². The fourth-order valence-electron chi connectivity index (χ4n) is 2.46. The summed E-state index contributed by atoms with van der Waals surface area (Å²) in [5.74, 6) is 1.05. The second-order valence-corrected chi connectivity index (χ2v) is 5.55. The predicted octanol–water partition coefficient (Wildman–Crippen LogP) is 1.60. The van der Waals surface area contributed by atoms with Crippen LogP contribution in [0.5, 0.6) is 0 Å². The van der Waals surface area contributed by atoms with Gasteiger partial charge in [-0.1, -0.05) is 0 Å². The number of amides is 1. The molecule has 3 rings (SSSR count). The van der Waals surface area contributed by atoms with Gasteiger partial charge in [0.05, 0.1) is 19.8 Å². The highest BCUT2D eigenvalue weighted by molar-refractivity contribution is 9.10. The van der Waals surface area contributed by atoms with Crippen molar-refractivity contribution in [1.29, 1.82) is 0 Å². The Bertz CT molecular complexity index is 704. The molecule has 2 N–H and O–H groups in total. The number of hydrogen-bond donors (Lipinski definition) is 1. The molecule has 9 heteroatoms. The minimum Gasteiger partial charge on any atom is -0.450 e. The number of fused-ring (bicyclic) bond motifs is 1. The van der Waals surface area contributed by atoms with Crippen molar-refractivity contribution in [3.8, 4) is 0 Å². The number of ether oxygens (including phenoxy) is 2. The number of nitrogen functional groups attached to an aromatic ring is 1. The van der Waals surface area contributed by atoms with Crippen LogP contribution in [0.2, 0.25) is 0 Å². The summed E-state index contributed by atoms with van der Waals surface area (Å²) in [6, 6.07) is 0. The van der Waals surface area contributed by atoms with Gasteiger partial charge < -0.3 is 20.1 Å². The summed E-state index contributed by atoms with van der Waals surface area (Å²) in [7, 11) is 0. The van der Waals surface area contributed by atoms with Gasteiger partial charge in [-0.15, -0.1) is 0 Å². The van der Waals surface area contributed by atoms with Gasteiger partial charge in [0.1, 0.15) is 22.0 Å². The smallest absolute Gasteiger partial charge is 0.409 e. The first-order valence-corrected chi connectivity index (χ1v) is 7.72. The first-order chi connectivity index (χ1) is 10.6. The van der Waals surface area contributed by atoms with Crippen LogP contribution in [-0.4, -0.2) is 51.7 Å². The molecule has 0 aliphatic carbocycles. The number of carbonyl (C=O) groups excluding carboxylic acids is 1. The summed E-state index contributed by atoms with van der Waals surface area (Å²) in [6.45, 7) is 3.44. The number of imidazole rings is 1. The van der Waals surface area contributed by atoms with Gasteiger partial charge in [-0.3, -0.25) is 4.40 Å². The molecule has 2 aromatic heterocycles. The molecular weight excluding hydrogens is 354 g/mol. The topological polar surface area (TPSA) is 95.0 Å². The third kappa shape index (κ3) is 2.61. The molecule has 0 aromatic carbocycles. The lowest BCUT2D eigenvalue weighted by Gasteiger charge is -2.31. The van der Waals surface area contributed by atoms with Crippen molar-refractivity contribution in [1.82, 2.24) is 19.3 Å². The van der Waals surface area contributed by atoms with Crippen LogP contribution in [0.25, 0.3) is 5.52 Å². The third-order valence-electron chi connectivity index (χ3n) is 3.45. The highest BCUT2D eigenvalue weighted by Crippen LogP contribution is 2.29. The zero-order valence-electron chi connectivity index (χ0n) is 12.0. The van der Waals surface area contributed by atoms with E-state index in [1.54, 1.807) is 24.2 Å². The maximum Gasteiger partial charge on any atom is 0.409 e. The Hall–Kier alpha value is -1.87. The number of nitrogens with two attached hydrogens (primary N) is 1. The molecule has 1 unspecified atom stereocenters. The number of carbonyl (C=O) groups is 1. The fourth-order valence-corrected chi connectivity index (χ4v) is 3.03. The number of nitrogens with zero attached hydrogens (tertiary/aromatic N) is 4. The predicted molar refractivity (Wildman–Crippen MR) is 82.4 cm³/mol. The lowest BCUT2D eigenvalue weighted by Crippen LogP contribution is -2.43. The number of morpholine rings is 1. The molecule has 1 fully saturated rings. The Balaban J connectivity index is 1.91. The van der Waals surface area contributed by atoms with E-state index < -0.39 is 0 Å². The first kappa shape index (κ1) is 15.0. The molecule has 1 amide bonds. The molecule has 118 valence electrons.